The summed E-state index contributed by atoms with van der Waals surface area (Å²) in [5.74, 6) is 0.572. The van der Waals surface area contributed by atoms with E-state index in [4.69, 9.17) is 23.2 Å². The molecule has 2 aromatic rings. The van der Waals surface area contributed by atoms with Crippen LogP contribution in [0.3, 0.4) is 0 Å². The molecule has 0 amide bonds. The van der Waals surface area contributed by atoms with Crippen LogP contribution in [0, 0.1) is 12.7 Å². The predicted octanol–water partition coefficient (Wildman–Crippen LogP) is 4.59. The van der Waals surface area contributed by atoms with Crippen LogP contribution in [-0.2, 0) is 5.88 Å². The summed E-state index contributed by atoms with van der Waals surface area (Å²) in [6, 6.07) is 4.58. The third kappa shape index (κ3) is 2.26. The molecule has 0 N–H and O–H groups in total. The molecule has 0 bridgehead atoms. The first-order valence-electron chi connectivity index (χ1n) is 6.21. The van der Waals surface area contributed by atoms with Crippen molar-refractivity contribution in [3.8, 4) is 5.69 Å². The van der Waals surface area contributed by atoms with Gasteiger partial charge in [-0.25, -0.2) is 9.07 Å². The first-order chi connectivity index (χ1) is 9.11. The second kappa shape index (κ2) is 4.80. The average molecular weight is 299 g/mol. The summed E-state index contributed by atoms with van der Waals surface area (Å²) in [6.07, 6.45) is 2.28. The zero-order valence-corrected chi connectivity index (χ0v) is 12.0. The molecule has 1 saturated carbocycles. The molecule has 0 saturated heterocycles. The highest BCUT2D eigenvalue weighted by molar-refractivity contribution is 6.31. The molecule has 0 atom stereocenters. The molecule has 0 aliphatic heterocycles. The quantitative estimate of drug-likeness (QED) is 0.758. The number of aryl methyl sites for hydroxylation is 1. The van der Waals surface area contributed by atoms with E-state index in [1.807, 2.05) is 6.92 Å². The Morgan fingerprint density at radius 1 is 1.42 bits per heavy atom. The molecule has 1 aliphatic carbocycles. The first kappa shape index (κ1) is 12.9. The number of aromatic nitrogens is 2. The van der Waals surface area contributed by atoms with Crippen LogP contribution >= 0.6 is 23.2 Å². The predicted molar refractivity (Wildman–Crippen MR) is 74.8 cm³/mol. The zero-order chi connectivity index (χ0) is 13.6. The van der Waals surface area contributed by atoms with Gasteiger partial charge in [-0.3, -0.25) is 0 Å². The van der Waals surface area contributed by atoms with Gasteiger partial charge in [-0.05, 0) is 43.5 Å². The van der Waals surface area contributed by atoms with E-state index in [2.05, 4.69) is 5.10 Å². The van der Waals surface area contributed by atoms with Crippen LogP contribution in [0.1, 0.15) is 35.6 Å². The molecule has 2 nitrogen and oxygen atoms in total. The van der Waals surface area contributed by atoms with E-state index < -0.39 is 0 Å². The van der Waals surface area contributed by atoms with Gasteiger partial charge < -0.3 is 0 Å². The van der Waals surface area contributed by atoms with Gasteiger partial charge in [0, 0.05) is 11.5 Å². The topological polar surface area (TPSA) is 17.8 Å². The number of rotatable bonds is 3. The van der Waals surface area contributed by atoms with Crippen LogP contribution in [0.2, 0.25) is 5.15 Å². The Labute approximate surface area is 121 Å². The second-order valence-corrected chi connectivity index (χ2v) is 5.53. The Hall–Kier alpha value is -1.06. The Kier molecular flexibility index (Phi) is 3.27. The molecule has 0 spiro atoms. The van der Waals surface area contributed by atoms with Crippen molar-refractivity contribution in [3.05, 3.63) is 46.0 Å². The van der Waals surface area contributed by atoms with Gasteiger partial charge in [0.05, 0.1) is 17.3 Å². The van der Waals surface area contributed by atoms with E-state index in [1.165, 1.54) is 12.1 Å². The Morgan fingerprint density at radius 2 is 2.16 bits per heavy atom. The summed E-state index contributed by atoms with van der Waals surface area (Å²) in [5.41, 5.74) is 3.48. The minimum atomic E-state index is -0.260. The fourth-order valence-electron chi connectivity index (χ4n) is 2.27. The van der Waals surface area contributed by atoms with Crippen LogP contribution in [0.25, 0.3) is 5.69 Å². The fourth-order valence-corrected chi connectivity index (χ4v) is 2.89. The molecular weight excluding hydrogens is 286 g/mol. The number of nitrogens with zero attached hydrogens (tertiary/aromatic N) is 2. The van der Waals surface area contributed by atoms with Crippen molar-refractivity contribution < 1.29 is 4.39 Å². The highest BCUT2D eigenvalue weighted by Gasteiger charge is 2.31. The summed E-state index contributed by atoms with van der Waals surface area (Å²) in [4.78, 5) is 0. The van der Waals surface area contributed by atoms with Gasteiger partial charge in [-0.2, -0.15) is 5.10 Å². The smallest absolute Gasteiger partial charge is 0.137 e. The Balaban J connectivity index is 2.14. The van der Waals surface area contributed by atoms with Crippen molar-refractivity contribution in [3.63, 3.8) is 0 Å². The lowest BCUT2D eigenvalue weighted by Crippen LogP contribution is -2.00. The number of halogens is 3. The van der Waals surface area contributed by atoms with E-state index in [1.54, 1.807) is 10.7 Å². The van der Waals surface area contributed by atoms with Crippen molar-refractivity contribution in [1.82, 2.24) is 9.78 Å². The van der Waals surface area contributed by atoms with Gasteiger partial charge in [-0.1, -0.05) is 11.6 Å². The van der Waals surface area contributed by atoms with Gasteiger partial charge in [0.2, 0.25) is 0 Å². The monoisotopic (exact) mass is 298 g/mol. The van der Waals surface area contributed by atoms with E-state index in [9.17, 15) is 4.39 Å². The third-order valence-electron chi connectivity index (χ3n) is 3.44. The lowest BCUT2D eigenvalue weighted by atomic mass is 10.2. The molecule has 100 valence electrons. The van der Waals surface area contributed by atoms with Gasteiger partial charge >= 0.3 is 0 Å². The molecule has 1 aliphatic rings. The largest absolute Gasteiger partial charge is 0.221 e. The van der Waals surface area contributed by atoms with Crippen molar-refractivity contribution in [2.75, 3.05) is 0 Å². The maximum Gasteiger partial charge on any atom is 0.137 e. The maximum absolute atomic E-state index is 13.2. The maximum atomic E-state index is 13.2. The standard InChI is InChI=1S/C14H13Cl2FN2/c1-8-6-10(17)4-5-12(8)19-14(16)11(7-15)13(18-19)9-2-3-9/h4-6,9H,2-3,7H2,1H3. The molecule has 19 heavy (non-hydrogen) atoms. The number of hydrogen-bond donors (Lipinski definition) is 0. The molecule has 0 radical (unpaired) electrons. The molecule has 1 heterocycles. The van der Waals surface area contributed by atoms with Crippen LogP contribution in [0.4, 0.5) is 4.39 Å². The van der Waals surface area contributed by atoms with E-state index >= 15 is 0 Å². The highest BCUT2D eigenvalue weighted by Crippen LogP contribution is 2.43. The fraction of sp³-hybridized carbons (Fsp3) is 0.357. The summed E-state index contributed by atoms with van der Waals surface area (Å²) >= 11 is 12.3. The van der Waals surface area contributed by atoms with E-state index in [-0.39, 0.29) is 5.82 Å². The molecule has 0 unspecified atom stereocenters. The van der Waals surface area contributed by atoms with Gasteiger partial charge in [0.1, 0.15) is 11.0 Å². The van der Waals surface area contributed by atoms with Gasteiger partial charge in [0.15, 0.2) is 0 Å². The van der Waals surface area contributed by atoms with Crippen molar-refractivity contribution >= 4 is 23.2 Å². The molecular formula is C14H13Cl2FN2. The van der Waals surface area contributed by atoms with Crippen LogP contribution < -0.4 is 0 Å². The SMILES string of the molecule is Cc1cc(F)ccc1-n1nc(C2CC2)c(CCl)c1Cl. The molecule has 1 fully saturated rings. The minimum Gasteiger partial charge on any atom is -0.221 e. The molecule has 1 aromatic heterocycles. The first-order valence-corrected chi connectivity index (χ1v) is 7.13. The van der Waals surface area contributed by atoms with Crippen LogP contribution in [0.15, 0.2) is 18.2 Å². The van der Waals surface area contributed by atoms with Crippen molar-refractivity contribution in [1.29, 1.82) is 0 Å². The normalized spacial score (nSPS) is 14.9. The Morgan fingerprint density at radius 3 is 2.74 bits per heavy atom. The van der Waals surface area contributed by atoms with Crippen molar-refractivity contribution in [2.45, 2.75) is 31.6 Å². The van der Waals surface area contributed by atoms with Crippen LogP contribution in [-0.4, -0.2) is 9.78 Å². The summed E-state index contributed by atoms with van der Waals surface area (Å²) < 4.78 is 14.8. The molecule has 3 rings (SSSR count). The van der Waals surface area contributed by atoms with E-state index in [0.29, 0.717) is 17.0 Å². The molecule has 5 heteroatoms. The van der Waals surface area contributed by atoms with Gasteiger partial charge in [0.25, 0.3) is 0 Å². The number of benzene rings is 1. The lowest BCUT2D eigenvalue weighted by molar-refractivity contribution is 0.625. The number of alkyl halides is 1. The summed E-state index contributed by atoms with van der Waals surface area (Å²) in [6.45, 7) is 1.84. The van der Waals surface area contributed by atoms with Gasteiger partial charge in [-0.15, -0.1) is 11.6 Å². The molecule has 1 aromatic carbocycles. The zero-order valence-electron chi connectivity index (χ0n) is 10.5. The highest BCUT2D eigenvalue weighted by atomic mass is 35.5. The van der Waals surface area contributed by atoms with Crippen molar-refractivity contribution in [2.24, 2.45) is 0 Å². The third-order valence-corrected chi connectivity index (χ3v) is 4.09. The summed E-state index contributed by atoms with van der Waals surface area (Å²) in [5, 5.41) is 5.12. The minimum absolute atomic E-state index is 0.260. The Bertz CT molecular complexity index is 633. The average Bonchev–Trinajstić information content (AvgIpc) is 3.15. The van der Waals surface area contributed by atoms with Crippen LogP contribution in [0.5, 0.6) is 0 Å². The lowest BCUT2D eigenvalue weighted by Gasteiger charge is -2.07. The van der Waals surface area contributed by atoms with E-state index in [0.717, 1.165) is 35.3 Å². The second-order valence-electron chi connectivity index (χ2n) is 4.91. The number of hydrogen-bond acceptors (Lipinski definition) is 1. The summed E-state index contributed by atoms with van der Waals surface area (Å²) in [7, 11) is 0.